The van der Waals surface area contributed by atoms with Gasteiger partial charge in [0.25, 0.3) is 0 Å². The third-order valence-electron chi connectivity index (χ3n) is 6.43. The minimum atomic E-state index is -0.514. The lowest BCUT2D eigenvalue weighted by molar-refractivity contribution is -0.146. The number of nitrogens with zero attached hydrogens (tertiary/aromatic N) is 2. The number of benzene rings is 2. The van der Waals surface area contributed by atoms with Crippen molar-refractivity contribution in [3.8, 4) is 5.75 Å². The Kier molecular flexibility index (Phi) is 6.96. The summed E-state index contributed by atoms with van der Waals surface area (Å²) in [5.74, 6) is 0.768. The van der Waals surface area contributed by atoms with Gasteiger partial charge in [0.05, 0.1) is 7.11 Å². The zero-order chi connectivity index (χ0) is 24.3. The molecule has 4 rings (SSSR count). The van der Waals surface area contributed by atoms with E-state index in [1.165, 1.54) is 10.9 Å². The van der Waals surface area contributed by atoms with Crippen LogP contribution in [0.4, 0.5) is 0 Å². The lowest BCUT2D eigenvalue weighted by Gasteiger charge is -2.32. The van der Waals surface area contributed by atoms with Crippen LogP contribution in [0, 0.1) is 5.41 Å². The number of aromatic nitrogens is 1. The van der Waals surface area contributed by atoms with Crippen LogP contribution in [-0.4, -0.2) is 52.8 Å². The summed E-state index contributed by atoms with van der Waals surface area (Å²) >= 11 is 0. The highest BCUT2D eigenvalue weighted by molar-refractivity contribution is 5.88. The van der Waals surface area contributed by atoms with Gasteiger partial charge in [0.2, 0.25) is 11.8 Å². The maximum atomic E-state index is 13.6. The van der Waals surface area contributed by atoms with Crippen molar-refractivity contribution >= 4 is 22.7 Å². The van der Waals surface area contributed by atoms with E-state index in [1.54, 1.807) is 12.0 Å². The maximum Gasteiger partial charge on any atom is 0.242 e. The molecule has 1 fully saturated rings. The number of nitrogens with one attached hydrogen (secondary N) is 1. The second kappa shape index (κ2) is 9.92. The minimum Gasteiger partial charge on any atom is -0.496 e. The van der Waals surface area contributed by atoms with Crippen molar-refractivity contribution in [2.45, 2.75) is 52.6 Å². The number of hydrogen-bond acceptors (Lipinski definition) is 3. The average Bonchev–Trinajstić information content (AvgIpc) is 3.59. The van der Waals surface area contributed by atoms with Gasteiger partial charge in [-0.1, -0.05) is 57.2 Å². The van der Waals surface area contributed by atoms with Gasteiger partial charge in [0, 0.05) is 47.2 Å². The average molecular weight is 462 g/mol. The monoisotopic (exact) mass is 461 g/mol. The first kappa shape index (κ1) is 23.9. The lowest BCUT2D eigenvalue weighted by atomic mass is 9.94. The van der Waals surface area contributed by atoms with Crippen molar-refractivity contribution in [2.24, 2.45) is 5.41 Å². The number of aromatic amines is 1. The summed E-state index contributed by atoms with van der Waals surface area (Å²) < 4.78 is 5.54. The van der Waals surface area contributed by atoms with E-state index in [1.807, 2.05) is 68.3 Å². The van der Waals surface area contributed by atoms with Gasteiger partial charge in [-0.05, 0) is 37.0 Å². The number of amides is 2. The van der Waals surface area contributed by atoms with Crippen molar-refractivity contribution < 1.29 is 14.3 Å². The van der Waals surface area contributed by atoms with Crippen molar-refractivity contribution in [2.75, 3.05) is 20.2 Å². The van der Waals surface area contributed by atoms with Crippen LogP contribution in [0.25, 0.3) is 10.9 Å². The second-order valence-electron chi connectivity index (χ2n) is 10.2. The first-order valence-corrected chi connectivity index (χ1v) is 12.0. The number of methoxy groups -OCH3 is 1. The summed E-state index contributed by atoms with van der Waals surface area (Å²) in [6.45, 7) is 6.86. The summed E-state index contributed by atoms with van der Waals surface area (Å²) in [6.07, 6.45) is 4.69. The SMILES string of the molecule is COc1ccccc1CN(CCc1c[nH]c2ccccc12)C(=O)CN(C(=O)C(C)(C)C)C1CC1. The molecule has 1 N–H and O–H groups in total. The van der Waals surface area contributed by atoms with Crippen LogP contribution >= 0.6 is 0 Å². The van der Waals surface area contributed by atoms with E-state index in [2.05, 4.69) is 17.1 Å². The molecule has 1 aromatic heterocycles. The smallest absolute Gasteiger partial charge is 0.242 e. The molecular weight excluding hydrogens is 426 g/mol. The molecule has 34 heavy (non-hydrogen) atoms. The molecular formula is C28H35N3O3. The second-order valence-corrected chi connectivity index (χ2v) is 10.2. The zero-order valence-corrected chi connectivity index (χ0v) is 20.6. The molecule has 6 heteroatoms. The predicted molar refractivity (Wildman–Crippen MR) is 135 cm³/mol. The van der Waals surface area contributed by atoms with Gasteiger partial charge in [0.15, 0.2) is 0 Å². The zero-order valence-electron chi connectivity index (χ0n) is 20.6. The molecule has 1 heterocycles. The number of carbonyl (C=O) groups is 2. The fourth-order valence-corrected chi connectivity index (χ4v) is 4.35. The summed E-state index contributed by atoms with van der Waals surface area (Å²) in [5.41, 5.74) is 2.71. The van der Waals surface area contributed by atoms with Crippen LogP contribution in [-0.2, 0) is 22.6 Å². The fourth-order valence-electron chi connectivity index (χ4n) is 4.35. The normalized spacial score (nSPS) is 13.6. The topological polar surface area (TPSA) is 65.6 Å². The van der Waals surface area contributed by atoms with E-state index in [9.17, 15) is 9.59 Å². The van der Waals surface area contributed by atoms with Gasteiger partial charge >= 0.3 is 0 Å². The Morgan fingerprint density at radius 2 is 1.74 bits per heavy atom. The van der Waals surface area contributed by atoms with Crippen LogP contribution in [0.3, 0.4) is 0 Å². The number of hydrogen-bond donors (Lipinski definition) is 1. The highest BCUT2D eigenvalue weighted by atomic mass is 16.5. The lowest BCUT2D eigenvalue weighted by Crippen LogP contribution is -2.47. The van der Waals surface area contributed by atoms with E-state index in [0.29, 0.717) is 13.1 Å². The number of fused-ring (bicyclic) bond motifs is 1. The van der Waals surface area contributed by atoms with Crippen molar-refractivity contribution in [1.29, 1.82) is 0 Å². The molecule has 2 amide bonds. The molecule has 0 atom stereocenters. The standard InChI is InChI=1S/C28H35N3O3/c1-28(2,3)27(33)31(22-13-14-22)19-26(32)30(18-21-9-5-8-12-25(21)34-4)16-15-20-17-29-24-11-7-6-10-23(20)24/h5-12,17,22,29H,13-16,18-19H2,1-4H3. The van der Waals surface area contributed by atoms with Crippen molar-refractivity contribution in [1.82, 2.24) is 14.8 Å². The van der Waals surface area contributed by atoms with Gasteiger partial charge < -0.3 is 19.5 Å². The van der Waals surface area contributed by atoms with Gasteiger partial charge in [-0.2, -0.15) is 0 Å². The maximum absolute atomic E-state index is 13.6. The molecule has 6 nitrogen and oxygen atoms in total. The van der Waals surface area contributed by atoms with Gasteiger partial charge in [-0.15, -0.1) is 0 Å². The van der Waals surface area contributed by atoms with Crippen LogP contribution in [0.2, 0.25) is 0 Å². The van der Waals surface area contributed by atoms with Gasteiger partial charge in [-0.25, -0.2) is 0 Å². The third kappa shape index (κ3) is 5.44. The Morgan fingerprint density at radius 3 is 2.44 bits per heavy atom. The first-order chi connectivity index (χ1) is 16.3. The number of para-hydroxylation sites is 2. The van der Waals surface area contributed by atoms with Gasteiger partial charge in [0.1, 0.15) is 12.3 Å². The van der Waals surface area contributed by atoms with E-state index in [0.717, 1.165) is 36.1 Å². The summed E-state index contributed by atoms with van der Waals surface area (Å²) in [7, 11) is 1.65. The van der Waals surface area contributed by atoms with Crippen LogP contribution in [0.1, 0.15) is 44.7 Å². The molecule has 0 aliphatic heterocycles. The summed E-state index contributed by atoms with van der Waals surface area (Å²) in [6, 6.07) is 16.2. The van der Waals surface area contributed by atoms with E-state index in [-0.39, 0.29) is 24.4 Å². The quantitative estimate of drug-likeness (QED) is 0.499. The number of H-pyrrole nitrogens is 1. The van der Waals surface area contributed by atoms with E-state index >= 15 is 0 Å². The molecule has 0 radical (unpaired) electrons. The number of carbonyl (C=O) groups excluding carboxylic acids is 2. The molecule has 1 saturated carbocycles. The molecule has 0 saturated heterocycles. The Bertz CT molecular complexity index is 1160. The van der Waals surface area contributed by atoms with E-state index < -0.39 is 5.41 Å². The summed E-state index contributed by atoms with van der Waals surface area (Å²) in [4.78, 5) is 33.7. The third-order valence-corrected chi connectivity index (χ3v) is 6.43. The van der Waals surface area contributed by atoms with Crippen LogP contribution < -0.4 is 4.74 Å². The van der Waals surface area contributed by atoms with Crippen LogP contribution in [0.15, 0.2) is 54.7 Å². The highest BCUT2D eigenvalue weighted by Gasteiger charge is 2.39. The first-order valence-electron chi connectivity index (χ1n) is 12.0. The Labute approximate surface area is 201 Å². The fraction of sp³-hybridized carbons (Fsp3) is 0.429. The van der Waals surface area contributed by atoms with Gasteiger partial charge in [-0.3, -0.25) is 9.59 Å². The van der Waals surface area contributed by atoms with E-state index in [4.69, 9.17) is 4.74 Å². The molecule has 2 aromatic carbocycles. The number of ether oxygens (including phenoxy) is 1. The molecule has 1 aliphatic carbocycles. The van der Waals surface area contributed by atoms with Crippen LogP contribution in [0.5, 0.6) is 5.75 Å². The Hall–Kier alpha value is -3.28. The Balaban J connectivity index is 1.56. The number of rotatable bonds is 9. The Morgan fingerprint density at radius 1 is 1.03 bits per heavy atom. The molecule has 0 bridgehead atoms. The molecule has 0 spiro atoms. The molecule has 1 aliphatic rings. The van der Waals surface area contributed by atoms with Crippen molar-refractivity contribution in [3.63, 3.8) is 0 Å². The predicted octanol–water partition coefficient (Wildman–Crippen LogP) is 4.78. The van der Waals surface area contributed by atoms with Crippen molar-refractivity contribution in [3.05, 3.63) is 65.9 Å². The minimum absolute atomic E-state index is 0.0322. The molecule has 180 valence electrons. The molecule has 3 aromatic rings. The largest absolute Gasteiger partial charge is 0.496 e. The molecule has 0 unspecified atom stereocenters. The summed E-state index contributed by atoms with van der Waals surface area (Å²) in [5, 5.41) is 1.18. The highest BCUT2D eigenvalue weighted by Crippen LogP contribution is 2.31.